The van der Waals surface area contributed by atoms with Gasteiger partial charge in [0.25, 0.3) is 5.56 Å². The van der Waals surface area contributed by atoms with Gasteiger partial charge in [0.2, 0.25) is 11.6 Å². The smallest absolute Gasteiger partial charge is 0.287 e. The molecule has 0 saturated heterocycles. The highest BCUT2D eigenvalue weighted by Gasteiger charge is 2.02. The lowest BCUT2D eigenvalue weighted by molar-refractivity contribution is 0.878. The fourth-order valence-corrected chi connectivity index (χ4v) is 1.26. The molecule has 0 atom stereocenters. The number of nitrogens with one attached hydrogen (secondary N) is 1. The van der Waals surface area contributed by atoms with Gasteiger partial charge in [-0.25, -0.2) is 0 Å². The molecular weight excluding hydrogens is 228 g/mol. The Morgan fingerprint density at radius 3 is 2.44 bits per heavy atom. The second kappa shape index (κ2) is 5.15. The minimum Gasteiger partial charge on any atom is -0.347 e. The Bertz CT molecular complexity index is 650. The first-order valence-corrected chi connectivity index (χ1v) is 5.38. The zero-order valence-corrected chi connectivity index (χ0v) is 10.1. The van der Waals surface area contributed by atoms with E-state index < -0.39 is 0 Å². The molecule has 5 heteroatoms. The van der Waals surface area contributed by atoms with Crippen molar-refractivity contribution in [3.8, 4) is 11.8 Å². The zero-order chi connectivity index (χ0) is 13.0. The predicted octanol–water partition coefficient (Wildman–Crippen LogP) is 0.631. The van der Waals surface area contributed by atoms with E-state index in [4.69, 9.17) is 0 Å². The number of rotatable bonds is 1. The van der Waals surface area contributed by atoms with Crippen molar-refractivity contribution >= 4 is 5.95 Å². The fraction of sp³-hybridized carbons (Fsp3) is 0.154. The number of anilines is 1. The van der Waals surface area contributed by atoms with Crippen LogP contribution < -0.4 is 10.5 Å². The molecule has 1 aromatic heterocycles. The molecule has 0 spiro atoms. The normalized spacial score (nSPS) is 9.44. The van der Waals surface area contributed by atoms with E-state index in [1.807, 2.05) is 30.3 Å². The summed E-state index contributed by atoms with van der Waals surface area (Å²) >= 11 is 0. The van der Waals surface area contributed by atoms with Gasteiger partial charge in [0.1, 0.15) is 0 Å². The minimum atomic E-state index is -0.336. The Morgan fingerprint density at radius 2 is 1.83 bits per heavy atom. The van der Waals surface area contributed by atoms with Crippen molar-refractivity contribution in [3.05, 3.63) is 51.9 Å². The summed E-state index contributed by atoms with van der Waals surface area (Å²) in [6.45, 7) is 0. The van der Waals surface area contributed by atoms with Gasteiger partial charge in [-0.1, -0.05) is 24.1 Å². The van der Waals surface area contributed by atoms with Gasteiger partial charge in [0.15, 0.2) is 0 Å². The highest BCUT2D eigenvalue weighted by atomic mass is 16.1. The molecule has 0 unspecified atom stereocenters. The summed E-state index contributed by atoms with van der Waals surface area (Å²) in [4.78, 5) is 16.0. The van der Waals surface area contributed by atoms with Crippen LogP contribution in [0.5, 0.6) is 0 Å². The third-order valence-electron chi connectivity index (χ3n) is 2.21. The molecule has 0 fully saturated rings. The van der Waals surface area contributed by atoms with E-state index in [9.17, 15) is 4.79 Å². The molecule has 0 aliphatic heterocycles. The SMILES string of the molecule is CN(C)c1nnc(C#Cc2ccccc2)c(=O)[nH]1. The van der Waals surface area contributed by atoms with E-state index in [0.29, 0.717) is 5.95 Å². The quantitative estimate of drug-likeness (QED) is 0.743. The molecule has 1 heterocycles. The summed E-state index contributed by atoms with van der Waals surface area (Å²) < 4.78 is 0. The topological polar surface area (TPSA) is 61.9 Å². The van der Waals surface area contributed by atoms with E-state index in [0.717, 1.165) is 5.56 Å². The molecule has 18 heavy (non-hydrogen) atoms. The number of hydrogen-bond acceptors (Lipinski definition) is 4. The van der Waals surface area contributed by atoms with Crippen molar-refractivity contribution in [3.63, 3.8) is 0 Å². The van der Waals surface area contributed by atoms with Gasteiger partial charge in [-0.3, -0.25) is 9.78 Å². The summed E-state index contributed by atoms with van der Waals surface area (Å²) in [5.41, 5.74) is 0.608. The molecule has 90 valence electrons. The van der Waals surface area contributed by atoms with Gasteiger partial charge >= 0.3 is 0 Å². The number of aromatic amines is 1. The van der Waals surface area contributed by atoms with E-state index in [1.165, 1.54) is 0 Å². The summed E-state index contributed by atoms with van der Waals surface area (Å²) in [6.07, 6.45) is 0. The van der Waals surface area contributed by atoms with Crippen molar-refractivity contribution < 1.29 is 0 Å². The monoisotopic (exact) mass is 240 g/mol. The Hall–Kier alpha value is -2.61. The predicted molar refractivity (Wildman–Crippen MR) is 69.4 cm³/mol. The number of H-pyrrole nitrogens is 1. The molecule has 5 nitrogen and oxygen atoms in total. The van der Waals surface area contributed by atoms with Crippen molar-refractivity contribution in [2.75, 3.05) is 19.0 Å². The van der Waals surface area contributed by atoms with E-state index in [-0.39, 0.29) is 11.3 Å². The third-order valence-corrected chi connectivity index (χ3v) is 2.21. The molecule has 2 aromatic rings. The first-order chi connectivity index (χ1) is 8.66. The highest BCUT2D eigenvalue weighted by molar-refractivity contribution is 5.39. The lowest BCUT2D eigenvalue weighted by Crippen LogP contribution is -2.21. The second-order valence-corrected chi connectivity index (χ2v) is 3.84. The lowest BCUT2D eigenvalue weighted by atomic mass is 10.2. The summed E-state index contributed by atoms with van der Waals surface area (Å²) in [5, 5.41) is 7.67. The maximum absolute atomic E-state index is 11.7. The van der Waals surface area contributed by atoms with Crippen LogP contribution in [0.4, 0.5) is 5.95 Å². The molecule has 1 aromatic carbocycles. The van der Waals surface area contributed by atoms with Crippen molar-refractivity contribution in [1.82, 2.24) is 15.2 Å². The molecule has 0 radical (unpaired) electrons. The third kappa shape index (κ3) is 2.74. The van der Waals surface area contributed by atoms with E-state index in [2.05, 4.69) is 27.0 Å². The van der Waals surface area contributed by atoms with Gasteiger partial charge < -0.3 is 4.90 Å². The minimum absolute atomic E-state index is 0.115. The van der Waals surface area contributed by atoms with Crippen LogP contribution >= 0.6 is 0 Å². The Labute approximate surface area is 104 Å². The Balaban J connectivity index is 2.32. The van der Waals surface area contributed by atoms with Crippen molar-refractivity contribution in [2.45, 2.75) is 0 Å². The summed E-state index contributed by atoms with van der Waals surface area (Å²) in [6, 6.07) is 9.40. The zero-order valence-electron chi connectivity index (χ0n) is 10.1. The molecule has 0 bridgehead atoms. The highest BCUT2D eigenvalue weighted by Crippen LogP contribution is 1.97. The maximum Gasteiger partial charge on any atom is 0.287 e. The molecule has 0 amide bonds. The molecule has 1 N–H and O–H groups in total. The summed E-state index contributed by atoms with van der Waals surface area (Å²) in [5.74, 6) is 5.98. The maximum atomic E-state index is 11.7. The summed E-state index contributed by atoms with van der Waals surface area (Å²) in [7, 11) is 3.55. The second-order valence-electron chi connectivity index (χ2n) is 3.84. The van der Waals surface area contributed by atoms with Crippen LogP contribution in [-0.4, -0.2) is 29.3 Å². The van der Waals surface area contributed by atoms with Gasteiger partial charge in [0.05, 0.1) is 0 Å². The van der Waals surface area contributed by atoms with Crippen LogP contribution in [0.1, 0.15) is 11.3 Å². The molecular formula is C13H12N4O. The Kier molecular flexibility index (Phi) is 3.39. The van der Waals surface area contributed by atoms with Crippen molar-refractivity contribution in [1.29, 1.82) is 0 Å². The lowest BCUT2D eigenvalue weighted by Gasteiger charge is -2.07. The van der Waals surface area contributed by atoms with Crippen LogP contribution in [0, 0.1) is 11.8 Å². The molecule has 2 rings (SSSR count). The van der Waals surface area contributed by atoms with Crippen LogP contribution in [0.3, 0.4) is 0 Å². The van der Waals surface area contributed by atoms with Crippen LogP contribution in [0.2, 0.25) is 0 Å². The van der Waals surface area contributed by atoms with Crippen LogP contribution in [-0.2, 0) is 0 Å². The first kappa shape index (κ1) is 11.9. The van der Waals surface area contributed by atoms with Crippen molar-refractivity contribution in [2.24, 2.45) is 0 Å². The largest absolute Gasteiger partial charge is 0.347 e. The van der Waals surface area contributed by atoms with E-state index >= 15 is 0 Å². The average Bonchev–Trinajstić information content (AvgIpc) is 2.38. The number of benzene rings is 1. The van der Waals surface area contributed by atoms with Crippen LogP contribution in [0.25, 0.3) is 0 Å². The van der Waals surface area contributed by atoms with Gasteiger partial charge in [0, 0.05) is 19.7 Å². The number of hydrogen-bond donors (Lipinski definition) is 1. The fourth-order valence-electron chi connectivity index (χ4n) is 1.26. The molecule has 0 aliphatic carbocycles. The average molecular weight is 240 g/mol. The van der Waals surface area contributed by atoms with Gasteiger partial charge in [-0.2, -0.15) is 0 Å². The molecule has 0 aliphatic rings. The first-order valence-electron chi connectivity index (χ1n) is 5.38. The van der Waals surface area contributed by atoms with E-state index in [1.54, 1.807) is 19.0 Å². The van der Waals surface area contributed by atoms with Gasteiger partial charge in [-0.05, 0) is 18.1 Å². The number of aromatic nitrogens is 3. The standard InChI is InChI=1S/C13H12N4O/c1-17(2)13-14-12(18)11(15-16-13)9-8-10-6-4-3-5-7-10/h3-7H,1-2H3,(H,14,16,18). The van der Waals surface area contributed by atoms with Gasteiger partial charge in [-0.15, -0.1) is 10.2 Å². The Morgan fingerprint density at radius 1 is 1.11 bits per heavy atom. The number of nitrogens with zero attached hydrogens (tertiary/aromatic N) is 3. The molecule has 0 saturated carbocycles. The van der Waals surface area contributed by atoms with Crippen LogP contribution in [0.15, 0.2) is 35.1 Å².